The average molecular weight is 333 g/mol. The SMILES string of the molecule is Cc1cc(Br)c(C(N)C2CCC2)cc1Br. The van der Waals surface area contributed by atoms with Gasteiger partial charge in [0.25, 0.3) is 0 Å². The third-order valence-electron chi connectivity index (χ3n) is 3.29. The van der Waals surface area contributed by atoms with Crippen molar-refractivity contribution >= 4 is 31.9 Å². The number of hydrogen-bond acceptors (Lipinski definition) is 1. The third-order valence-corrected chi connectivity index (χ3v) is 4.84. The van der Waals surface area contributed by atoms with Crippen LogP contribution < -0.4 is 5.73 Å². The molecule has 0 aromatic heterocycles. The normalized spacial score (nSPS) is 18.7. The number of hydrogen-bond donors (Lipinski definition) is 1. The molecule has 1 fully saturated rings. The third kappa shape index (κ3) is 2.29. The Balaban J connectivity index is 2.30. The van der Waals surface area contributed by atoms with Crippen molar-refractivity contribution in [1.29, 1.82) is 0 Å². The van der Waals surface area contributed by atoms with Gasteiger partial charge in [-0.25, -0.2) is 0 Å². The van der Waals surface area contributed by atoms with Crippen LogP contribution in [0, 0.1) is 12.8 Å². The minimum Gasteiger partial charge on any atom is -0.324 e. The van der Waals surface area contributed by atoms with Crippen LogP contribution in [0.15, 0.2) is 21.1 Å². The van der Waals surface area contributed by atoms with Gasteiger partial charge in [-0.1, -0.05) is 38.3 Å². The van der Waals surface area contributed by atoms with Gasteiger partial charge >= 0.3 is 0 Å². The van der Waals surface area contributed by atoms with Crippen molar-refractivity contribution in [2.24, 2.45) is 11.7 Å². The Morgan fingerprint density at radius 1 is 1.27 bits per heavy atom. The van der Waals surface area contributed by atoms with E-state index in [0.717, 1.165) is 8.95 Å². The summed E-state index contributed by atoms with van der Waals surface area (Å²) in [6.07, 6.45) is 3.89. The molecule has 1 saturated carbocycles. The monoisotopic (exact) mass is 331 g/mol. The fourth-order valence-corrected chi connectivity index (χ4v) is 3.05. The Morgan fingerprint density at radius 3 is 2.47 bits per heavy atom. The first-order valence-electron chi connectivity index (χ1n) is 5.30. The Hall–Kier alpha value is 0.140. The highest BCUT2D eigenvalue weighted by Crippen LogP contribution is 2.39. The molecule has 0 heterocycles. The van der Waals surface area contributed by atoms with E-state index in [1.807, 2.05) is 0 Å². The van der Waals surface area contributed by atoms with Crippen LogP contribution in [0.1, 0.15) is 36.4 Å². The highest BCUT2D eigenvalue weighted by Gasteiger charge is 2.27. The molecule has 82 valence electrons. The predicted octanol–water partition coefficient (Wildman–Crippen LogP) is 4.32. The molecule has 2 N–H and O–H groups in total. The zero-order valence-electron chi connectivity index (χ0n) is 8.76. The van der Waals surface area contributed by atoms with Crippen molar-refractivity contribution < 1.29 is 0 Å². The molecule has 0 radical (unpaired) electrons. The van der Waals surface area contributed by atoms with Gasteiger partial charge in [0.05, 0.1) is 0 Å². The van der Waals surface area contributed by atoms with Crippen LogP contribution in [-0.2, 0) is 0 Å². The first-order chi connectivity index (χ1) is 7.09. The van der Waals surface area contributed by atoms with Crippen molar-refractivity contribution in [2.45, 2.75) is 32.2 Å². The summed E-state index contributed by atoms with van der Waals surface area (Å²) in [4.78, 5) is 0. The van der Waals surface area contributed by atoms with Gasteiger partial charge in [-0.15, -0.1) is 0 Å². The minimum atomic E-state index is 0.185. The molecule has 1 unspecified atom stereocenters. The van der Waals surface area contributed by atoms with E-state index in [4.69, 9.17) is 5.73 Å². The fraction of sp³-hybridized carbons (Fsp3) is 0.500. The van der Waals surface area contributed by atoms with E-state index in [9.17, 15) is 0 Å². The Labute approximate surface area is 108 Å². The van der Waals surface area contributed by atoms with E-state index in [1.54, 1.807) is 0 Å². The van der Waals surface area contributed by atoms with Gasteiger partial charge in [-0.05, 0) is 48.9 Å². The van der Waals surface area contributed by atoms with Crippen LogP contribution in [0.4, 0.5) is 0 Å². The number of aryl methyl sites for hydroxylation is 1. The van der Waals surface area contributed by atoms with Gasteiger partial charge in [0.1, 0.15) is 0 Å². The molecule has 1 atom stereocenters. The van der Waals surface area contributed by atoms with E-state index >= 15 is 0 Å². The first kappa shape index (κ1) is 11.6. The van der Waals surface area contributed by atoms with Crippen molar-refractivity contribution in [3.8, 4) is 0 Å². The standard InChI is InChI=1S/C12H15Br2N/c1-7-5-11(14)9(6-10(7)13)12(15)8-3-2-4-8/h5-6,8,12H,2-4,15H2,1H3. The van der Waals surface area contributed by atoms with Gasteiger partial charge in [-0.2, -0.15) is 0 Å². The summed E-state index contributed by atoms with van der Waals surface area (Å²) in [5, 5.41) is 0. The van der Waals surface area contributed by atoms with Crippen molar-refractivity contribution in [1.82, 2.24) is 0 Å². The van der Waals surface area contributed by atoms with E-state index in [2.05, 4.69) is 50.9 Å². The average Bonchev–Trinajstić information content (AvgIpc) is 2.08. The summed E-state index contributed by atoms with van der Waals surface area (Å²) in [7, 11) is 0. The van der Waals surface area contributed by atoms with Crippen LogP contribution in [0.3, 0.4) is 0 Å². The molecule has 0 bridgehead atoms. The quantitative estimate of drug-likeness (QED) is 0.857. The first-order valence-corrected chi connectivity index (χ1v) is 6.89. The smallest absolute Gasteiger partial charge is 0.0335 e. The Kier molecular flexibility index (Phi) is 3.53. The summed E-state index contributed by atoms with van der Waals surface area (Å²) in [6.45, 7) is 2.09. The highest BCUT2D eigenvalue weighted by atomic mass is 79.9. The summed E-state index contributed by atoms with van der Waals surface area (Å²) in [6, 6.07) is 4.48. The maximum Gasteiger partial charge on any atom is 0.0335 e. The molecule has 1 aliphatic rings. The molecule has 3 heteroatoms. The second kappa shape index (κ2) is 4.56. The number of nitrogens with two attached hydrogens (primary N) is 1. The number of rotatable bonds is 2. The molecule has 1 aliphatic carbocycles. The van der Waals surface area contributed by atoms with Gasteiger partial charge in [0.2, 0.25) is 0 Å². The predicted molar refractivity (Wildman–Crippen MR) is 70.8 cm³/mol. The minimum absolute atomic E-state index is 0.185. The second-order valence-corrected chi connectivity index (χ2v) is 6.05. The molecule has 0 amide bonds. The van der Waals surface area contributed by atoms with Crippen LogP contribution >= 0.6 is 31.9 Å². The topological polar surface area (TPSA) is 26.0 Å². The molecule has 0 spiro atoms. The van der Waals surface area contributed by atoms with E-state index < -0.39 is 0 Å². The molecule has 15 heavy (non-hydrogen) atoms. The zero-order valence-corrected chi connectivity index (χ0v) is 11.9. The molecular weight excluding hydrogens is 318 g/mol. The lowest BCUT2D eigenvalue weighted by molar-refractivity contribution is 0.264. The summed E-state index contributed by atoms with van der Waals surface area (Å²) >= 11 is 7.16. The summed E-state index contributed by atoms with van der Waals surface area (Å²) < 4.78 is 2.29. The maximum absolute atomic E-state index is 6.27. The molecule has 2 rings (SSSR count). The van der Waals surface area contributed by atoms with E-state index in [0.29, 0.717) is 5.92 Å². The van der Waals surface area contributed by atoms with Crippen LogP contribution in [0.5, 0.6) is 0 Å². The Morgan fingerprint density at radius 2 is 1.93 bits per heavy atom. The van der Waals surface area contributed by atoms with Crippen LogP contribution in [0.25, 0.3) is 0 Å². The Bertz CT molecular complexity index is 372. The lowest BCUT2D eigenvalue weighted by Crippen LogP contribution is -2.27. The van der Waals surface area contributed by atoms with Gasteiger partial charge in [0.15, 0.2) is 0 Å². The van der Waals surface area contributed by atoms with Crippen molar-refractivity contribution in [3.05, 3.63) is 32.2 Å². The molecule has 1 aromatic rings. The fourth-order valence-electron chi connectivity index (χ4n) is 1.97. The van der Waals surface area contributed by atoms with Gasteiger partial charge in [-0.3, -0.25) is 0 Å². The second-order valence-electron chi connectivity index (χ2n) is 4.34. The zero-order chi connectivity index (χ0) is 11.0. The summed E-state index contributed by atoms with van der Waals surface area (Å²) in [5.74, 6) is 0.677. The lowest BCUT2D eigenvalue weighted by atomic mass is 9.77. The highest BCUT2D eigenvalue weighted by molar-refractivity contribution is 9.11. The number of halogens is 2. The lowest BCUT2D eigenvalue weighted by Gasteiger charge is -2.32. The largest absolute Gasteiger partial charge is 0.324 e. The molecule has 1 nitrogen and oxygen atoms in total. The van der Waals surface area contributed by atoms with Crippen molar-refractivity contribution in [3.63, 3.8) is 0 Å². The molecule has 1 aromatic carbocycles. The maximum atomic E-state index is 6.27. The van der Waals surface area contributed by atoms with E-state index in [1.165, 1.54) is 30.4 Å². The molecular formula is C12H15Br2N. The van der Waals surface area contributed by atoms with E-state index in [-0.39, 0.29) is 6.04 Å². The van der Waals surface area contributed by atoms with Crippen LogP contribution in [-0.4, -0.2) is 0 Å². The van der Waals surface area contributed by atoms with Gasteiger partial charge < -0.3 is 5.73 Å². The molecule has 0 saturated heterocycles. The summed E-state index contributed by atoms with van der Waals surface area (Å²) in [5.41, 5.74) is 8.74. The van der Waals surface area contributed by atoms with Crippen LogP contribution in [0.2, 0.25) is 0 Å². The number of benzene rings is 1. The van der Waals surface area contributed by atoms with Crippen molar-refractivity contribution in [2.75, 3.05) is 0 Å². The van der Waals surface area contributed by atoms with Gasteiger partial charge in [0, 0.05) is 15.0 Å². The molecule has 0 aliphatic heterocycles.